The van der Waals surface area contributed by atoms with Crippen molar-refractivity contribution in [1.82, 2.24) is 4.90 Å². The van der Waals surface area contributed by atoms with Crippen molar-refractivity contribution in [3.05, 3.63) is 65.4 Å². The van der Waals surface area contributed by atoms with Gasteiger partial charge >= 0.3 is 0 Å². The number of hydrogen-bond acceptors (Lipinski definition) is 1. The first-order chi connectivity index (χ1) is 8.65. The van der Waals surface area contributed by atoms with E-state index < -0.39 is 0 Å². The van der Waals surface area contributed by atoms with Gasteiger partial charge in [0.05, 0.1) is 12.2 Å². The van der Waals surface area contributed by atoms with Crippen LogP contribution in [0.4, 0.5) is 4.39 Å². The molecule has 1 aliphatic rings. The maximum Gasteiger partial charge on any atom is 0.107 e. The topological polar surface area (TPSA) is 3.24 Å². The summed E-state index contributed by atoms with van der Waals surface area (Å²) in [5.41, 5.74) is 5.30. The van der Waals surface area contributed by atoms with Crippen LogP contribution in [-0.2, 0) is 0 Å². The van der Waals surface area contributed by atoms with Crippen LogP contribution in [0.5, 0.6) is 0 Å². The molecule has 0 bridgehead atoms. The molecule has 0 atom stereocenters. The maximum atomic E-state index is 12.8. The van der Waals surface area contributed by atoms with Gasteiger partial charge in [0.1, 0.15) is 6.67 Å². The molecule has 0 saturated carbocycles. The molecule has 1 aliphatic heterocycles. The van der Waals surface area contributed by atoms with Gasteiger partial charge in [-0.1, -0.05) is 43.0 Å². The minimum atomic E-state index is -0.379. The molecule has 18 heavy (non-hydrogen) atoms. The summed E-state index contributed by atoms with van der Waals surface area (Å²) in [7, 11) is 0. The van der Waals surface area contributed by atoms with Gasteiger partial charge in [-0.05, 0) is 30.6 Å². The minimum Gasteiger partial charge on any atom is -0.338 e. The quantitative estimate of drug-likeness (QED) is 0.770. The highest BCUT2D eigenvalue weighted by Gasteiger charge is 2.21. The lowest BCUT2D eigenvalue weighted by molar-refractivity contribution is 0.391. The monoisotopic (exact) mass is 243 g/mol. The van der Waals surface area contributed by atoms with E-state index in [1.54, 1.807) is 0 Å². The second-order valence-electron chi connectivity index (χ2n) is 4.51. The third kappa shape index (κ3) is 2.23. The molecule has 1 heterocycles. The van der Waals surface area contributed by atoms with Crippen LogP contribution < -0.4 is 0 Å². The van der Waals surface area contributed by atoms with E-state index in [2.05, 4.69) is 19.6 Å². The number of nitrogens with zero attached hydrogens (tertiary/aromatic N) is 1. The Morgan fingerprint density at radius 2 is 1.83 bits per heavy atom. The van der Waals surface area contributed by atoms with Crippen molar-refractivity contribution in [1.29, 1.82) is 0 Å². The molecule has 0 fully saturated rings. The SMILES string of the molecule is C=C1C(C)=CC(C)=C(c2ccccc2)N1CCF. The largest absolute Gasteiger partial charge is 0.338 e. The Hall–Kier alpha value is -1.83. The molecule has 1 aromatic rings. The van der Waals surface area contributed by atoms with E-state index in [1.807, 2.05) is 42.2 Å². The van der Waals surface area contributed by atoms with Crippen molar-refractivity contribution in [2.24, 2.45) is 0 Å². The molecule has 0 aliphatic carbocycles. The Morgan fingerprint density at radius 3 is 2.44 bits per heavy atom. The fourth-order valence-corrected chi connectivity index (χ4v) is 2.35. The summed E-state index contributed by atoms with van der Waals surface area (Å²) in [4.78, 5) is 1.97. The first kappa shape index (κ1) is 12.6. The van der Waals surface area contributed by atoms with E-state index >= 15 is 0 Å². The molecule has 1 aromatic carbocycles. The first-order valence-corrected chi connectivity index (χ1v) is 6.12. The minimum absolute atomic E-state index is 0.353. The highest BCUT2D eigenvalue weighted by molar-refractivity contribution is 5.73. The van der Waals surface area contributed by atoms with E-state index in [9.17, 15) is 4.39 Å². The molecule has 1 nitrogen and oxygen atoms in total. The van der Waals surface area contributed by atoms with Gasteiger partial charge in [0, 0.05) is 5.70 Å². The molecule has 0 N–H and O–H groups in total. The number of halogens is 1. The Balaban J connectivity index is 2.52. The van der Waals surface area contributed by atoms with Crippen LogP contribution >= 0.6 is 0 Å². The van der Waals surface area contributed by atoms with Gasteiger partial charge in [-0.3, -0.25) is 0 Å². The van der Waals surface area contributed by atoms with Crippen molar-refractivity contribution < 1.29 is 4.39 Å². The smallest absolute Gasteiger partial charge is 0.107 e. The molecule has 0 spiro atoms. The second-order valence-corrected chi connectivity index (χ2v) is 4.51. The third-order valence-corrected chi connectivity index (χ3v) is 3.21. The second kappa shape index (κ2) is 5.21. The van der Waals surface area contributed by atoms with E-state index in [-0.39, 0.29) is 6.67 Å². The normalized spacial score (nSPS) is 16.1. The highest BCUT2D eigenvalue weighted by atomic mass is 19.1. The fourth-order valence-electron chi connectivity index (χ4n) is 2.35. The van der Waals surface area contributed by atoms with Crippen LogP contribution in [0.2, 0.25) is 0 Å². The van der Waals surface area contributed by atoms with Crippen LogP contribution in [0.3, 0.4) is 0 Å². The summed E-state index contributed by atoms with van der Waals surface area (Å²) in [6, 6.07) is 10.1. The van der Waals surface area contributed by atoms with E-state index in [0.29, 0.717) is 6.54 Å². The average molecular weight is 243 g/mol. The van der Waals surface area contributed by atoms with Gasteiger partial charge in [-0.2, -0.15) is 0 Å². The van der Waals surface area contributed by atoms with Gasteiger partial charge in [0.2, 0.25) is 0 Å². The molecule has 0 aromatic heterocycles. The van der Waals surface area contributed by atoms with Crippen molar-refractivity contribution >= 4 is 5.70 Å². The lowest BCUT2D eigenvalue weighted by Gasteiger charge is -2.33. The number of allylic oxidation sites excluding steroid dienone is 3. The molecule has 2 heteroatoms. The van der Waals surface area contributed by atoms with Crippen LogP contribution in [-0.4, -0.2) is 18.1 Å². The summed E-state index contributed by atoms with van der Waals surface area (Å²) in [5, 5.41) is 0. The lowest BCUT2D eigenvalue weighted by atomic mass is 9.98. The predicted octanol–water partition coefficient (Wildman–Crippen LogP) is 4.16. The maximum absolute atomic E-state index is 12.8. The molecule has 94 valence electrons. The summed E-state index contributed by atoms with van der Waals surface area (Å²) in [5.74, 6) is 0. The van der Waals surface area contributed by atoms with Crippen molar-refractivity contribution in [2.45, 2.75) is 13.8 Å². The lowest BCUT2D eigenvalue weighted by Crippen LogP contribution is -2.27. The Bertz CT molecular complexity index is 511. The molecule has 0 saturated heterocycles. The summed E-state index contributed by atoms with van der Waals surface area (Å²) < 4.78 is 12.8. The number of benzene rings is 1. The zero-order chi connectivity index (χ0) is 13.1. The van der Waals surface area contributed by atoms with E-state index in [0.717, 1.165) is 28.1 Å². The Morgan fingerprint density at radius 1 is 1.17 bits per heavy atom. The van der Waals surface area contributed by atoms with E-state index in [1.165, 1.54) is 0 Å². The highest BCUT2D eigenvalue weighted by Crippen LogP contribution is 2.34. The number of hydrogen-bond donors (Lipinski definition) is 0. The first-order valence-electron chi connectivity index (χ1n) is 6.12. The fraction of sp³-hybridized carbons (Fsp3) is 0.250. The van der Waals surface area contributed by atoms with Crippen LogP contribution in [0.25, 0.3) is 5.70 Å². The molecule has 2 rings (SSSR count). The van der Waals surface area contributed by atoms with Crippen LogP contribution in [0, 0.1) is 0 Å². The van der Waals surface area contributed by atoms with Gasteiger partial charge < -0.3 is 4.90 Å². The van der Waals surface area contributed by atoms with Crippen LogP contribution in [0.15, 0.2) is 59.8 Å². The molecule has 0 radical (unpaired) electrons. The molecule has 0 unspecified atom stereocenters. The summed E-state index contributed by atoms with van der Waals surface area (Å²) in [6.45, 7) is 8.11. The van der Waals surface area contributed by atoms with Crippen molar-refractivity contribution in [2.75, 3.05) is 13.2 Å². The van der Waals surface area contributed by atoms with Gasteiger partial charge in [-0.15, -0.1) is 0 Å². The number of rotatable bonds is 3. The van der Waals surface area contributed by atoms with Crippen molar-refractivity contribution in [3.63, 3.8) is 0 Å². The number of alkyl halides is 1. The Labute approximate surface area is 108 Å². The van der Waals surface area contributed by atoms with Gasteiger partial charge in [0.25, 0.3) is 0 Å². The van der Waals surface area contributed by atoms with Gasteiger partial charge in [-0.25, -0.2) is 4.39 Å². The average Bonchev–Trinajstić information content (AvgIpc) is 2.37. The van der Waals surface area contributed by atoms with E-state index in [4.69, 9.17) is 0 Å². The predicted molar refractivity (Wildman–Crippen MR) is 74.6 cm³/mol. The Kier molecular flexibility index (Phi) is 3.66. The standard InChI is InChI=1S/C16H18FN/c1-12-11-13(2)16(15-7-5-4-6-8-15)18(10-9-17)14(12)3/h4-8,11H,3,9-10H2,1-2H3. The van der Waals surface area contributed by atoms with Crippen LogP contribution in [0.1, 0.15) is 19.4 Å². The zero-order valence-corrected chi connectivity index (χ0v) is 10.9. The van der Waals surface area contributed by atoms with Gasteiger partial charge in [0.15, 0.2) is 0 Å². The summed E-state index contributed by atoms with van der Waals surface area (Å²) >= 11 is 0. The zero-order valence-electron chi connectivity index (χ0n) is 10.9. The molecular formula is C16H18FN. The molecule has 0 amide bonds. The van der Waals surface area contributed by atoms with Crippen molar-refractivity contribution in [3.8, 4) is 0 Å². The third-order valence-electron chi connectivity index (χ3n) is 3.21. The summed E-state index contributed by atoms with van der Waals surface area (Å²) in [6.07, 6.45) is 2.11. The molecular weight excluding hydrogens is 225 g/mol.